The molecule has 3 rings (SSSR count). The molecule has 0 fully saturated rings. The minimum Gasteiger partial charge on any atom is -0.0613 e. The summed E-state index contributed by atoms with van der Waals surface area (Å²) >= 11 is 0. The summed E-state index contributed by atoms with van der Waals surface area (Å²) in [6, 6.07) is 20.3. The van der Waals surface area contributed by atoms with E-state index in [0.29, 0.717) is 0 Å². The van der Waals surface area contributed by atoms with Crippen LogP contribution in [0.5, 0.6) is 0 Å². The van der Waals surface area contributed by atoms with E-state index < -0.39 is 0 Å². The standard InChI is InChI=1S/C19H21S/c1-14-13-15-7-5-6-8-18(15)20(14)17-11-9-16(10-12-17)19(2,3)4/h5-13H,1-4H3/q+1. The second kappa shape index (κ2) is 4.75. The van der Waals surface area contributed by atoms with Crippen molar-refractivity contribution < 1.29 is 0 Å². The summed E-state index contributed by atoms with van der Waals surface area (Å²) in [5.41, 5.74) is 1.62. The van der Waals surface area contributed by atoms with Crippen LogP contribution in [0.1, 0.15) is 31.2 Å². The fraction of sp³-hybridized carbons (Fsp3) is 0.263. The number of aryl methyl sites for hydroxylation is 1. The minimum absolute atomic E-state index is 0.116. The van der Waals surface area contributed by atoms with Crippen molar-refractivity contribution in [2.75, 3.05) is 0 Å². The van der Waals surface area contributed by atoms with Crippen molar-refractivity contribution in [2.45, 2.75) is 33.1 Å². The van der Waals surface area contributed by atoms with Crippen molar-refractivity contribution in [3.63, 3.8) is 0 Å². The lowest BCUT2D eigenvalue weighted by atomic mass is 9.87. The quantitative estimate of drug-likeness (QED) is 0.467. The molecule has 1 atom stereocenters. The molecule has 0 saturated heterocycles. The van der Waals surface area contributed by atoms with Crippen LogP contribution >= 0.6 is 10.5 Å². The number of benzene rings is 2. The highest BCUT2D eigenvalue weighted by Crippen LogP contribution is 2.43. The van der Waals surface area contributed by atoms with Crippen LogP contribution in [-0.4, -0.2) is 0 Å². The van der Waals surface area contributed by atoms with Gasteiger partial charge in [-0.2, -0.15) is 0 Å². The first-order valence-corrected chi connectivity index (χ1v) is 8.31. The van der Waals surface area contributed by atoms with E-state index in [-0.39, 0.29) is 15.9 Å². The highest BCUT2D eigenvalue weighted by molar-refractivity contribution is 7.45. The van der Waals surface area contributed by atoms with Gasteiger partial charge in [-0.15, -0.1) is 0 Å². The van der Waals surface area contributed by atoms with Gasteiger partial charge in [0.15, 0.2) is 14.5 Å². The molecule has 3 aromatic rings. The molecule has 1 aromatic heterocycles. The van der Waals surface area contributed by atoms with Gasteiger partial charge in [0.05, 0.1) is 0 Å². The summed E-state index contributed by atoms with van der Waals surface area (Å²) in [5.74, 6) is 0. The number of fused-ring (bicyclic) bond motifs is 1. The van der Waals surface area contributed by atoms with Crippen LogP contribution in [0.15, 0.2) is 54.6 Å². The molecule has 0 bridgehead atoms. The highest BCUT2D eigenvalue weighted by atomic mass is 32.2. The normalized spacial score (nSPS) is 12.9. The van der Waals surface area contributed by atoms with Gasteiger partial charge in [-0.05, 0) is 35.2 Å². The van der Waals surface area contributed by atoms with E-state index >= 15 is 0 Å². The van der Waals surface area contributed by atoms with Crippen molar-refractivity contribution in [1.82, 2.24) is 0 Å². The Hall–Kier alpha value is -1.60. The van der Waals surface area contributed by atoms with Crippen LogP contribution in [0.2, 0.25) is 0 Å². The predicted octanol–water partition coefficient (Wildman–Crippen LogP) is 6.18. The van der Waals surface area contributed by atoms with E-state index in [2.05, 4.69) is 82.3 Å². The maximum atomic E-state index is 2.33. The predicted molar refractivity (Wildman–Crippen MR) is 91.2 cm³/mol. The van der Waals surface area contributed by atoms with Gasteiger partial charge in [-0.25, -0.2) is 0 Å². The lowest BCUT2D eigenvalue weighted by molar-refractivity contribution is 0.590. The van der Waals surface area contributed by atoms with E-state index in [9.17, 15) is 0 Å². The van der Waals surface area contributed by atoms with Gasteiger partial charge in [0, 0.05) is 28.8 Å². The van der Waals surface area contributed by atoms with Crippen LogP contribution in [0.4, 0.5) is 0 Å². The molecule has 1 heterocycles. The molecule has 102 valence electrons. The first-order valence-electron chi connectivity index (χ1n) is 7.09. The second-order valence-corrected chi connectivity index (χ2v) is 8.54. The zero-order valence-corrected chi connectivity index (χ0v) is 13.4. The molecule has 0 N–H and O–H groups in total. The number of hydrogen-bond acceptors (Lipinski definition) is 0. The summed E-state index contributed by atoms with van der Waals surface area (Å²) in [5, 5.41) is 1.38. The Kier molecular flexibility index (Phi) is 3.18. The molecule has 0 amide bonds. The third kappa shape index (κ3) is 2.27. The maximum Gasteiger partial charge on any atom is 0.186 e. The van der Waals surface area contributed by atoms with Crippen molar-refractivity contribution in [3.8, 4) is 4.90 Å². The number of hydrogen-bond donors (Lipinski definition) is 0. The van der Waals surface area contributed by atoms with Crippen LogP contribution in [0.25, 0.3) is 15.0 Å². The molecule has 0 aliphatic rings. The molecule has 0 spiro atoms. The average Bonchev–Trinajstić information content (AvgIpc) is 2.73. The Balaban J connectivity index is 2.14. The van der Waals surface area contributed by atoms with Gasteiger partial charge in [0.25, 0.3) is 0 Å². The van der Waals surface area contributed by atoms with Crippen LogP contribution in [-0.2, 0) is 5.41 Å². The first-order chi connectivity index (χ1) is 9.47. The minimum atomic E-state index is 0.116. The van der Waals surface area contributed by atoms with Gasteiger partial charge < -0.3 is 0 Å². The Labute approximate surface area is 124 Å². The molecular formula is C19H21S+. The Bertz CT molecular complexity index is 740. The smallest absolute Gasteiger partial charge is 0.0613 e. The van der Waals surface area contributed by atoms with Gasteiger partial charge >= 0.3 is 0 Å². The molecule has 20 heavy (non-hydrogen) atoms. The van der Waals surface area contributed by atoms with Crippen LogP contribution in [0, 0.1) is 6.92 Å². The summed E-state index contributed by atoms with van der Waals surface area (Å²) in [6.45, 7) is 9.04. The van der Waals surface area contributed by atoms with Crippen molar-refractivity contribution >= 4 is 20.6 Å². The Morgan fingerprint density at radius 2 is 1.50 bits per heavy atom. The van der Waals surface area contributed by atoms with E-state index in [1.54, 1.807) is 0 Å². The Morgan fingerprint density at radius 3 is 2.15 bits per heavy atom. The summed E-state index contributed by atoms with van der Waals surface area (Å²) in [4.78, 5) is 2.89. The number of rotatable bonds is 1. The van der Waals surface area contributed by atoms with Crippen LogP contribution < -0.4 is 0 Å². The third-order valence-corrected chi connectivity index (χ3v) is 6.09. The molecule has 0 aliphatic carbocycles. The highest BCUT2D eigenvalue weighted by Gasteiger charge is 2.21. The maximum absolute atomic E-state index is 2.33. The molecule has 0 saturated carbocycles. The average molecular weight is 281 g/mol. The molecule has 0 aliphatic heterocycles. The largest absolute Gasteiger partial charge is 0.186 e. The van der Waals surface area contributed by atoms with E-state index in [4.69, 9.17) is 0 Å². The van der Waals surface area contributed by atoms with E-state index in [1.165, 1.54) is 25.4 Å². The molecule has 2 aromatic carbocycles. The fourth-order valence-electron chi connectivity index (χ4n) is 2.64. The van der Waals surface area contributed by atoms with E-state index in [0.717, 1.165) is 0 Å². The summed E-state index contributed by atoms with van der Waals surface area (Å²) in [6.07, 6.45) is 0. The first kappa shape index (κ1) is 13.4. The van der Waals surface area contributed by atoms with E-state index in [1.807, 2.05) is 0 Å². The topological polar surface area (TPSA) is 0 Å². The molecular weight excluding hydrogens is 260 g/mol. The second-order valence-electron chi connectivity index (χ2n) is 6.37. The van der Waals surface area contributed by atoms with Gasteiger partial charge in [0.2, 0.25) is 0 Å². The molecule has 1 unspecified atom stereocenters. The monoisotopic (exact) mass is 281 g/mol. The lowest BCUT2D eigenvalue weighted by Gasteiger charge is -2.18. The number of thiophene rings is 1. The lowest BCUT2D eigenvalue weighted by Crippen LogP contribution is -2.10. The van der Waals surface area contributed by atoms with Gasteiger partial charge in [-0.3, -0.25) is 0 Å². The summed E-state index contributed by atoms with van der Waals surface area (Å²) < 4.78 is 1.47. The Morgan fingerprint density at radius 1 is 0.850 bits per heavy atom. The van der Waals surface area contributed by atoms with Crippen molar-refractivity contribution in [2.24, 2.45) is 0 Å². The van der Waals surface area contributed by atoms with Gasteiger partial charge in [0.1, 0.15) is 0 Å². The summed E-state index contributed by atoms with van der Waals surface area (Å²) in [7, 11) is 0.116. The molecule has 0 radical (unpaired) electrons. The fourth-order valence-corrected chi connectivity index (χ4v) is 4.84. The van der Waals surface area contributed by atoms with Gasteiger partial charge in [-0.1, -0.05) is 45.0 Å². The SMILES string of the molecule is Cc1cc2ccccc2[s+]1-c1ccc(C(C)(C)C)cc1. The van der Waals surface area contributed by atoms with Crippen LogP contribution in [0.3, 0.4) is 0 Å². The third-order valence-electron chi connectivity index (χ3n) is 3.78. The van der Waals surface area contributed by atoms with Crippen molar-refractivity contribution in [1.29, 1.82) is 0 Å². The molecule has 1 heteroatoms. The molecule has 0 nitrogen and oxygen atoms in total. The van der Waals surface area contributed by atoms with Crippen molar-refractivity contribution in [3.05, 3.63) is 65.0 Å². The zero-order chi connectivity index (χ0) is 14.3. The zero-order valence-electron chi connectivity index (χ0n) is 12.6.